The van der Waals surface area contributed by atoms with Crippen LogP contribution in [-0.2, 0) is 11.3 Å². The van der Waals surface area contributed by atoms with Gasteiger partial charge < -0.3 is 20.0 Å². The normalized spacial score (nSPS) is 10.6. The summed E-state index contributed by atoms with van der Waals surface area (Å²) in [5, 5.41) is 13.5. The number of hydrogen-bond donors (Lipinski definition) is 1. The van der Waals surface area contributed by atoms with E-state index < -0.39 is 4.92 Å². The molecule has 1 heterocycles. The van der Waals surface area contributed by atoms with E-state index in [4.69, 9.17) is 0 Å². The molecule has 1 amide bonds. The molecule has 28 heavy (non-hydrogen) atoms. The molecule has 0 radical (unpaired) electrons. The number of amides is 1. The molecule has 7 nitrogen and oxygen atoms in total. The van der Waals surface area contributed by atoms with Crippen LogP contribution in [-0.4, -0.2) is 20.4 Å². The number of hydrogen-bond acceptors (Lipinski definition) is 5. The number of aromatic nitrogens is 2. The molecule has 2 aromatic carbocycles. The number of anilines is 1. The van der Waals surface area contributed by atoms with Gasteiger partial charge >= 0.3 is 5.82 Å². The third-order valence-corrected chi connectivity index (χ3v) is 5.25. The van der Waals surface area contributed by atoms with Gasteiger partial charge in [-0.3, -0.25) is 4.79 Å². The first kappa shape index (κ1) is 19.6. The summed E-state index contributed by atoms with van der Waals surface area (Å²) in [7, 11) is 0. The third-order valence-electron chi connectivity index (χ3n) is 4.26. The second-order valence-corrected chi connectivity index (χ2v) is 7.54. The van der Waals surface area contributed by atoms with Gasteiger partial charge in [-0.25, -0.2) is 0 Å². The van der Waals surface area contributed by atoms with Crippen molar-refractivity contribution in [1.29, 1.82) is 0 Å². The second kappa shape index (κ2) is 8.71. The minimum Gasteiger partial charge on any atom is -0.358 e. The summed E-state index contributed by atoms with van der Waals surface area (Å²) in [5.74, 6) is -0.386. The molecule has 8 heteroatoms. The number of aryl methyl sites for hydroxylation is 3. The maximum absolute atomic E-state index is 12.1. The van der Waals surface area contributed by atoms with Crippen molar-refractivity contribution in [3.63, 3.8) is 0 Å². The maximum Gasteiger partial charge on any atom is 0.381 e. The van der Waals surface area contributed by atoms with Gasteiger partial charge in [0.05, 0.1) is 0 Å². The van der Waals surface area contributed by atoms with Gasteiger partial charge in [0.1, 0.15) is 6.20 Å². The summed E-state index contributed by atoms with van der Waals surface area (Å²) in [6.07, 6.45) is 2.86. The van der Waals surface area contributed by atoms with Crippen LogP contribution in [0.15, 0.2) is 64.8 Å². The van der Waals surface area contributed by atoms with E-state index in [0.29, 0.717) is 12.2 Å². The van der Waals surface area contributed by atoms with Gasteiger partial charge in [-0.1, -0.05) is 17.8 Å². The van der Waals surface area contributed by atoms with Crippen LogP contribution < -0.4 is 5.32 Å². The minimum absolute atomic E-state index is 0.161. The number of carbonyl (C=O) groups is 1. The van der Waals surface area contributed by atoms with Crippen LogP contribution in [0.2, 0.25) is 0 Å². The van der Waals surface area contributed by atoms with Crippen molar-refractivity contribution in [2.45, 2.75) is 36.6 Å². The molecule has 3 rings (SSSR count). The number of benzene rings is 2. The minimum atomic E-state index is -0.561. The fourth-order valence-corrected chi connectivity index (χ4v) is 3.45. The molecule has 0 aliphatic carbocycles. The van der Waals surface area contributed by atoms with E-state index in [0.717, 1.165) is 4.90 Å². The number of nitro groups is 1. The summed E-state index contributed by atoms with van der Waals surface area (Å²) < 4.78 is 1.53. The van der Waals surface area contributed by atoms with E-state index in [9.17, 15) is 14.9 Å². The van der Waals surface area contributed by atoms with Crippen LogP contribution in [0.5, 0.6) is 0 Å². The summed E-state index contributed by atoms with van der Waals surface area (Å²) >= 11 is 1.67. The van der Waals surface area contributed by atoms with E-state index in [1.165, 1.54) is 33.1 Å². The molecule has 0 aliphatic rings. The lowest BCUT2D eigenvalue weighted by Gasteiger charge is -2.08. The van der Waals surface area contributed by atoms with E-state index in [-0.39, 0.29) is 18.1 Å². The molecule has 0 unspecified atom stereocenters. The Balaban J connectivity index is 1.52. The zero-order valence-electron chi connectivity index (χ0n) is 15.6. The summed E-state index contributed by atoms with van der Waals surface area (Å²) in [6, 6.07) is 14.0. The van der Waals surface area contributed by atoms with Gasteiger partial charge in [0, 0.05) is 28.4 Å². The highest BCUT2D eigenvalue weighted by atomic mass is 32.2. The van der Waals surface area contributed by atoms with Crippen LogP contribution in [0.1, 0.15) is 17.5 Å². The largest absolute Gasteiger partial charge is 0.381 e. The highest BCUT2D eigenvalue weighted by Gasteiger charge is 2.11. The molecule has 1 N–H and O–H groups in total. The van der Waals surface area contributed by atoms with Crippen molar-refractivity contribution in [3.05, 3.63) is 76.2 Å². The molecule has 1 aromatic heterocycles. The average molecular weight is 396 g/mol. The van der Waals surface area contributed by atoms with Crippen LogP contribution in [0.25, 0.3) is 0 Å². The Morgan fingerprint density at radius 1 is 1.14 bits per heavy atom. The Hall–Kier alpha value is -3.13. The van der Waals surface area contributed by atoms with Crippen molar-refractivity contribution in [1.82, 2.24) is 9.55 Å². The fourth-order valence-electron chi connectivity index (χ4n) is 2.54. The smallest absolute Gasteiger partial charge is 0.358 e. The Morgan fingerprint density at radius 2 is 1.86 bits per heavy atom. The van der Waals surface area contributed by atoms with Crippen LogP contribution in [0.3, 0.4) is 0 Å². The molecule has 0 aliphatic heterocycles. The highest BCUT2D eigenvalue weighted by Crippen LogP contribution is 2.29. The van der Waals surface area contributed by atoms with Gasteiger partial charge in [0.15, 0.2) is 0 Å². The van der Waals surface area contributed by atoms with Crippen LogP contribution >= 0.6 is 11.8 Å². The number of rotatable bonds is 7. The molecule has 3 aromatic rings. The fraction of sp³-hybridized carbons (Fsp3) is 0.200. The molecule has 0 saturated carbocycles. The Morgan fingerprint density at radius 3 is 2.50 bits per heavy atom. The van der Waals surface area contributed by atoms with Crippen molar-refractivity contribution >= 4 is 29.2 Å². The number of nitrogens with zero attached hydrogens (tertiary/aromatic N) is 3. The molecule has 0 bridgehead atoms. The predicted octanol–water partition coefficient (Wildman–Crippen LogP) is 4.59. The standard InChI is InChI=1S/C20H20N4O3S/c1-14-3-6-18(11-15(14)2)28-17-7-4-16(5-8-17)22-20(25)9-10-23-12-19(21-13-23)24(26)27/h3-8,11-13H,9-10H2,1-2H3,(H,22,25). The molecular weight excluding hydrogens is 376 g/mol. The lowest BCUT2D eigenvalue weighted by molar-refractivity contribution is -0.389. The Bertz CT molecular complexity index is 999. The van der Waals surface area contributed by atoms with Gasteiger partial charge in [0.2, 0.25) is 12.2 Å². The van der Waals surface area contributed by atoms with Crippen molar-refractivity contribution < 1.29 is 9.72 Å². The average Bonchev–Trinajstić information content (AvgIpc) is 3.14. The Labute approximate surface area is 166 Å². The van der Waals surface area contributed by atoms with Crippen molar-refractivity contribution in [2.75, 3.05) is 5.32 Å². The number of nitrogens with one attached hydrogen (secondary N) is 1. The van der Waals surface area contributed by atoms with E-state index >= 15 is 0 Å². The third kappa shape index (κ3) is 5.20. The summed E-state index contributed by atoms with van der Waals surface area (Å²) in [6.45, 7) is 4.52. The highest BCUT2D eigenvalue weighted by molar-refractivity contribution is 7.99. The summed E-state index contributed by atoms with van der Waals surface area (Å²) in [4.78, 5) is 28.1. The first-order valence-electron chi connectivity index (χ1n) is 8.72. The Kier molecular flexibility index (Phi) is 6.10. The molecule has 0 fully saturated rings. The lowest BCUT2D eigenvalue weighted by Crippen LogP contribution is -2.13. The molecule has 144 valence electrons. The zero-order chi connectivity index (χ0) is 20.1. The first-order valence-corrected chi connectivity index (χ1v) is 9.53. The van der Waals surface area contributed by atoms with E-state index in [1.807, 2.05) is 24.3 Å². The number of imidazole rings is 1. The zero-order valence-corrected chi connectivity index (χ0v) is 16.4. The van der Waals surface area contributed by atoms with Crippen LogP contribution in [0, 0.1) is 24.0 Å². The molecule has 0 saturated heterocycles. The summed E-state index contributed by atoms with van der Waals surface area (Å²) in [5.41, 5.74) is 3.25. The van der Waals surface area contributed by atoms with E-state index in [1.54, 1.807) is 11.8 Å². The number of carbonyl (C=O) groups excluding carboxylic acids is 1. The second-order valence-electron chi connectivity index (χ2n) is 6.40. The van der Waals surface area contributed by atoms with Crippen LogP contribution in [0.4, 0.5) is 11.5 Å². The monoisotopic (exact) mass is 396 g/mol. The maximum atomic E-state index is 12.1. The van der Waals surface area contributed by atoms with E-state index in [2.05, 4.69) is 42.3 Å². The molecular formula is C20H20N4O3S. The lowest BCUT2D eigenvalue weighted by atomic mass is 10.1. The predicted molar refractivity (Wildman–Crippen MR) is 109 cm³/mol. The molecule has 0 spiro atoms. The SMILES string of the molecule is Cc1ccc(Sc2ccc(NC(=O)CCn3cnc([N+](=O)[O-])c3)cc2)cc1C. The molecule has 0 atom stereocenters. The van der Waals surface area contributed by atoms with Gasteiger partial charge in [0.25, 0.3) is 0 Å². The van der Waals surface area contributed by atoms with Crippen molar-refractivity contribution in [2.24, 2.45) is 0 Å². The van der Waals surface area contributed by atoms with Gasteiger partial charge in [-0.15, -0.1) is 0 Å². The quantitative estimate of drug-likeness (QED) is 0.466. The first-order chi connectivity index (χ1) is 13.4. The van der Waals surface area contributed by atoms with Gasteiger partial charge in [-0.05, 0) is 71.3 Å². The van der Waals surface area contributed by atoms with Gasteiger partial charge in [-0.2, -0.15) is 0 Å². The topological polar surface area (TPSA) is 90.1 Å². The van der Waals surface area contributed by atoms with Crippen molar-refractivity contribution in [3.8, 4) is 0 Å².